The fraction of sp³-hybridized carbons (Fsp3) is 0. The van der Waals surface area contributed by atoms with Crippen LogP contribution < -0.4 is 5.56 Å². The van der Waals surface area contributed by atoms with Crippen molar-refractivity contribution in [2.75, 3.05) is 0 Å². The van der Waals surface area contributed by atoms with Crippen LogP contribution in [0.15, 0.2) is 41.3 Å². The number of carboxylic acids is 2. The van der Waals surface area contributed by atoms with E-state index in [1.54, 1.807) is 0 Å². The van der Waals surface area contributed by atoms with E-state index in [9.17, 15) is 14.4 Å². The molecular weight excluding hydrogens is 250 g/mol. The number of rotatable bonds is 3. The van der Waals surface area contributed by atoms with Gasteiger partial charge in [0, 0.05) is 17.8 Å². The molecule has 0 aliphatic heterocycles. The van der Waals surface area contributed by atoms with Gasteiger partial charge in [0.2, 0.25) is 5.56 Å². The first kappa shape index (κ1) is 12.6. The number of carbonyl (C=O) groups is 2. The fourth-order valence-corrected chi connectivity index (χ4v) is 1.68. The Morgan fingerprint density at radius 1 is 1.00 bits per heavy atom. The summed E-state index contributed by atoms with van der Waals surface area (Å²) in [6.45, 7) is 0. The van der Waals surface area contributed by atoms with E-state index >= 15 is 0 Å². The van der Waals surface area contributed by atoms with E-state index in [1.807, 2.05) is 0 Å². The summed E-state index contributed by atoms with van der Waals surface area (Å²) in [5, 5.41) is 17.8. The summed E-state index contributed by atoms with van der Waals surface area (Å²) in [6, 6.07) is 6.71. The highest BCUT2D eigenvalue weighted by Gasteiger charge is 2.13. The molecule has 0 radical (unpaired) electrons. The Morgan fingerprint density at radius 2 is 1.63 bits per heavy atom. The molecule has 0 aliphatic carbocycles. The van der Waals surface area contributed by atoms with Crippen molar-refractivity contribution in [1.82, 2.24) is 4.98 Å². The van der Waals surface area contributed by atoms with Crippen LogP contribution in [-0.2, 0) is 0 Å². The van der Waals surface area contributed by atoms with Crippen LogP contribution in [0, 0.1) is 0 Å². The quantitative estimate of drug-likeness (QED) is 0.773. The van der Waals surface area contributed by atoms with E-state index in [2.05, 4.69) is 4.98 Å². The van der Waals surface area contributed by atoms with E-state index < -0.39 is 17.5 Å². The van der Waals surface area contributed by atoms with Crippen LogP contribution in [0.3, 0.4) is 0 Å². The number of benzene rings is 1. The predicted octanol–water partition coefficient (Wildman–Crippen LogP) is 1.44. The minimum atomic E-state index is -1.22. The van der Waals surface area contributed by atoms with E-state index in [0.29, 0.717) is 11.1 Å². The van der Waals surface area contributed by atoms with Crippen LogP contribution >= 0.6 is 0 Å². The van der Waals surface area contributed by atoms with E-state index in [0.717, 1.165) is 6.07 Å². The van der Waals surface area contributed by atoms with Gasteiger partial charge in [-0.3, -0.25) is 4.79 Å². The average molecular weight is 259 g/mol. The monoisotopic (exact) mass is 259 g/mol. The molecule has 0 bridgehead atoms. The molecule has 0 saturated heterocycles. The summed E-state index contributed by atoms with van der Waals surface area (Å²) in [7, 11) is 0. The lowest BCUT2D eigenvalue weighted by atomic mass is 10.0. The molecule has 3 N–H and O–H groups in total. The summed E-state index contributed by atoms with van der Waals surface area (Å²) in [4.78, 5) is 35.3. The first-order valence-corrected chi connectivity index (χ1v) is 5.29. The smallest absolute Gasteiger partial charge is 0.336 e. The molecule has 0 fully saturated rings. The second-order valence-corrected chi connectivity index (χ2v) is 3.81. The van der Waals surface area contributed by atoms with Crippen molar-refractivity contribution >= 4 is 11.9 Å². The van der Waals surface area contributed by atoms with Gasteiger partial charge in [-0.1, -0.05) is 12.1 Å². The Balaban J connectivity index is 2.55. The number of nitrogens with one attached hydrogen (secondary N) is 1. The minimum Gasteiger partial charge on any atom is -0.478 e. The van der Waals surface area contributed by atoms with Gasteiger partial charge in [0.1, 0.15) is 0 Å². The van der Waals surface area contributed by atoms with Crippen molar-refractivity contribution in [1.29, 1.82) is 0 Å². The maximum absolute atomic E-state index is 11.1. The zero-order valence-corrected chi connectivity index (χ0v) is 9.58. The van der Waals surface area contributed by atoms with Gasteiger partial charge in [0.25, 0.3) is 0 Å². The number of aromatic amines is 1. The van der Waals surface area contributed by atoms with Gasteiger partial charge in [-0.05, 0) is 17.7 Å². The number of hydrogen-bond acceptors (Lipinski definition) is 3. The standard InChI is InChI=1S/C13H9NO5/c15-11-5-9(13(18)19)10(6-14-11)7-1-3-8(4-2-7)12(16)17/h1-6H,(H,14,15)(H,16,17)(H,18,19). The van der Waals surface area contributed by atoms with Gasteiger partial charge >= 0.3 is 11.9 Å². The molecule has 6 heteroatoms. The lowest BCUT2D eigenvalue weighted by molar-refractivity contribution is 0.0686. The van der Waals surface area contributed by atoms with Gasteiger partial charge in [-0.25, -0.2) is 9.59 Å². The minimum absolute atomic E-state index is 0.102. The van der Waals surface area contributed by atoms with Crippen molar-refractivity contribution in [3.8, 4) is 11.1 Å². The Labute approximate surface area is 107 Å². The fourth-order valence-electron chi connectivity index (χ4n) is 1.68. The van der Waals surface area contributed by atoms with E-state index in [-0.39, 0.29) is 11.1 Å². The second-order valence-electron chi connectivity index (χ2n) is 3.81. The Hall–Kier alpha value is -2.89. The Kier molecular flexibility index (Phi) is 3.15. The lowest BCUT2D eigenvalue weighted by Gasteiger charge is -2.05. The largest absolute Gasteiger partial charge is 0.478 e. The van der Waals surface area contributed by atoms with Gasteiger partial charge in [-0.2, -0.15) is 0 Å². The SMILES string of the molecule is O=C(O)c1ccc(-c2c[nH]c(=O)cc2C(=O)O)cc1. The van der Waals surface area contributed by atoms with Crippen molar-refractivity contribution in [2.45, 2.75) is 0 Å². The van der Waals surface area contributed by atoms with Crippen molar-refractivity contribution in [2.24, 2.45) is 0 Å². The summed E-state index contributed by atoms with van der Waals surface area (Å²) in [5.74, 6) is -2.28. The molecule has 2 rings (SSSR count). The normalized spacial score (nSPS) is 10.1. The van der Waals surface area contributed by atoms with Crippen molar-refractivity contribution in [3.05, 3.63) is 58.0 Å². The van der Waals surface area contributed by atoms with Crippen molar-refractivity contribution in [3.63, 3.8) is 0 Å². The third-order valence-electron chi connectivity index (χ3n) is 2.60. The van der Waals surface area contributed by atoms with Gasteiger partial charge < -0.3 is 15.2 Å². The highest BCUT2D eigenvalue weighted by Crippen LogP contribution is 2.22. The van der Waals surface area contributed by atoms with E-state index in [1.165, 1.54) is 30.5 Å². The van der Waals surface area contributed by atoms with Gasteiger partial charge in [0.15, 0.2) is 0 Å². The maximum atomic E-state index is 11.1. The number of pyridine rings is 1. The van der Waals surface area contributed by atoms with Crippen LogP contribution in [0.4, 0.5) is 0 Å². The summed E-state index contributed by atoms with van der Waals surface area (Å²) < 4.78 is 0. The second kappa shape index (κ2) is 4.77. The molecule has 19 heavy (non-hydrogen) atoms. The molecule has 0 unspecified atom stereocenters. The molecule has 1 aromatic carbocycles. The highest BCUT2D eigenvalue weighted by atomic mass is 16.4. The highest BCUT2D eigenvalue weighted by molar-refractivity contribution is 5.96. The predicted molar refractivity (Wildman–Crippen MR) is 66.4 cm³/mol. The van der Waals surface area contributed by atoms with Crippen LogP contribution in [0.2, 0.25) is 0 Å². The molecule has 0 aliphatic rings. The van der Waals surface area contributed by atoms with Crippen LogP contribution in [0.25, 0.3) is 11.1 Å². The maximum Gasteiger partial charge on any atom is 0.336 e. The first-order chi connectivity index (χ1) is 8.99. The molecule has 0 saturated carbocycles. The average Bonchev–Trinajstić information content (AvgIpc) is 2.38. The van der Waals surface area contributed by atoms with Crippen LogP contribution in [0.5, 0.6) is 0 Å². The van der Waals surface area contributed by atoms with Gasteiger partial charge in [0.05, 0.1) is 11.1 Å². The van der Waals surface area contributed by atoms with E-state index in [4.69, 9.17) is 10.2 Å². The molecule has 1 heterocycles. The topological polar surface area (TPSA) is 107 Å². The molecule has 0 amide bonds. The summed E-state index contributed by atoms with van der Waals surface area (Å²) >= 11 is 0. The third kappa shape index (κ3) is 2.52. The van der Waals surface area contributed by atoms with Crippen LogP contribution in [-0.4, -0.2) is 27.1 Å². The first-order valence-electron chi connectivity index (χ1n) is 5.29. The molecule has 0 spiro atoms. The number of H-pyrrole nitrogens is 1. The number of hydrogen-bond donors (Lipinski definition) is 3. The number of aromatic carboxylic acids is 2. The molecule has 6 nitrogen and oxygen atoms in total. The molecule has 96 valence electrons. The summed E-state index contributed by atoms with van der Waals surface area (Å²) in [6.07, 6.45) is 1.29. The number of carboxylic acid groups (broad SMARTS) is 2. The molecule has 2 aromatic rings. The lowest BCUT2D eigenvalue weighted by Crippen LogP contribution is -2.10. The van der Waals surface area contributed by atoms with Crippen molar-refractivity contribution < 1.29 is 19.8 Å². The zero-order chi connectivity index (χ0) is 14.0. The molecule has 0 atom stereocenters. The zero-order valence-electron chi connectivity index (χ0n) is 9.58. The Bertz CT molecular complexity index is 700. The Morgan fingerprint density at radius 3 is 2.16 bits per heavy atom. The molecular formula is C13H9NO5. The summed E-state index contributed by atoms with van der Waals surface area (Å²) in [5.41, 5.74) is 0.294. The van der Waals surface area contributed by atoms with Gasteiger partial charge in [-0.15, -0.1) is 0 Å². The van der Waals surface area contributed by atoms with Crippen LogP contribution in [0.1, 0.15) is 20.7 Å². The molecule has 1 aromatic heterocycles. The number of aromatic nitrogens is 1. The third-order valence-corrected chi connectivity index (χ3v) is 2.60.